The van der Waals surface area contributed by atoms with Gasteiger partial charge in [0.05, 0.1) is 0 Å². The van der Waals surface area contributed by atoms with Crippen LogP contribution >= 0.6 is 0 Å². The van der Waals surface area contributed by atoms with Crippen LogP contribution in [0.2, 0.25) is 0 Å². The summed E-state index contributed by atoms with van der Waals surface area (Å²) in [5, 5.41) is 6.64. The molecular formula is C13H22N4. The highest BCUT2D eigenvalue weighted by molar-refractivity contribution is 5.42. The molecule has 0 amide bonds. The van der Waals surface area contributed by atoms with E-state index in [9.17, 15) is 0 Å². The summed E-state index contributed by atoms with van der Waals surface area (Å²) in [4.78, 5) is 8.84. The summed E-state index contributed by atoms with van der Waals surface area (Å²) in [5.41, 5.74) is 1.01. The number of rotatable bonds is 6. The lowest BCUT2D eigenvalue weighted by Crippen LogP contribution is -2.21. The van der Waals surface area contributed by atoms with Crippen LogP contribution in [0.4, 0.5) is 11.8 Å². The van der Waals surface area contributed by atoms with Crippen LogP contribution in [0.5, 0.6) is 0 Å². The zero-order chi connectivity index (χ0) is 12.1. The van der Waals surface area contributed by atoms with E-state index < -0.39 is 0 Å². The van der Waals surface area contributed by atoms with Gasteiger partial charge in [-0.25, -0.2) is 4.98 Å². The van der Waals surface area contributed by atoms with Crippen molar-refractivity contribution in [1.82, 2.24) is 9.97 Å². The maximum Gasteiger partial charge on any atom is 0.224 e. The molecule has 0 unspecified atom stereocenters. The van der Waals surface area contributed by atoms with Crippen molar-refractivity contribution < 1.29 is 0 Å². The lowest BCUT2D eigenvalue weighted by atomic mass is 9.85. The van der Waals surface area contributed by atoms with E-state index in [1.165, 1.54) is 19.3 Å². The monoisotopic (exact) mass is 234 g/mol. The highest BCUT2D eigenvalue weighted by atomic mass is 15.1. The molecular weight excluding hydrogens is 212 g/mol. The first-order chi connectivity index (χ1) is 8.28. The molecule has 0 radical (unpaired) electrons. The fraction of sp³-hybridized carbons (Fsp3) is 0.692. The quantitative estimate of drug-likeness (QED) is 0.794. The number of aryl methyl sites for hydroxylation is 1. The Kier molecular flexibility index (Phi) is 4.18. The lowest BCUT2D eigenvalue weighted by Gasteiger charge is -2.25. The molecule has 2 rings (SSSR count). The van der Waals surface area contributed by atoms with E-state index in [0.29, 0.717) is 0 Å². The van der Waals surface area contributed by atoms with Crippen molar-refractivity contribution >= 4 is 11.8 Å². The topological polar surface area (TPSA) is 49.8 Å². The van der Waals surface area contributed by atoms with Gasteiger partial charge in [0.15, 0.2) is 0 Å². The number of nitrogens with zero attached hydrogens (tertiary/aromatic N) is 2. The number of hydrogen-bond donors (Lipinski definition) is 2. The van der Waals surface area contributed by atoms with Gasteiger partial charge in [-0.2, -0.15) is 4.98 Å². The van der Waals surface area contributed by atoms with Gasteiger partial charge in [0.25, 0.3) is 0 Å². The summed E-state index contributed by atoms with van der Waals surface area (Å²) in [6.07, 6.45) is 5.19. The lowest BCUT2D eigenvalue weighted by molar-refractivity contribution is 0.333. The van der Waals surface area contributed by atoms with E-state index in [1.54, 1.807) is 0 Å². The molecule has 1 aromatic rings. The van der Waals surface area contributed by atoms with Gasteiger partial charge in [-0.05, 0) is 32.1 Å². The molecule has 0 spiro atoms. The molecule has 4 nitrogen and oxygen atoms in total. The van der Waals surface area contributed by atoms with Gasteiger partial charge in [-0.3, -0.25) is 0 Å². The van der Waals surface area contributed by atoms with Gasteiger partial charge in [0.1, 0.15) is 5.82 Å². The molecule has 0 atom stereocenters. The van der Waals surface area contributed by atoms with Crippen LogP contribution in [0.25, 0.3) is 0 Å². The van der Waals surface area contributed by atoms with Gasteiger partial charge in [0, 0.05) is 24.8 Å². The summed E-state index contributed by atoms with van der Waals surface area (Å²) in [7, 11) is 0. The number of hydrogen-bond acceptors (Lipinski definition) is 4. The minimum Gasteiger partial charge on any atom is -0.370 e. The predicted molar refractivity (Wildman–Crippen MR) is 71.4 cm³/mol. The first kappa shape index (κ1) is 12.1. The van der Waals surface area contributed by atoms with Gasteiger partial charge in [0.2, 0.25) is 5.95 Å². The SMILES string of the molecule is CCCNc1nc(C)cc(NCC2CCC2)n1. The Bertz CT molecular complexity index is 360. The molecule has 1 fully saturated rings. The average molecular weight is 234 g/mol. The van der Waals surface area contributed by atoms with Crippen molar-refractivity contribution in [3.63, 3.8) is 0 Å². The fourth-order valence-corrected chi connectivity index (χ4v) is 1.92. The third-order valence-corrected chi connectivity index (χ3v) is 3.18. The van der Waals surface area contributed by atoms with Gasteiger partial charge >= 0.3 is 0 Å². The molecule has 0 aromatic carbocycles. The van der Waals surface area contributed by atoms with E-state index in [1.807, 2.05) is 13.0 Å². The van der Waals surface area contributed by atoms with Crippen molar-refractivity contribution in [2.24, 2.45) is 5.92 Å². The van der Waals surface area contributed by atoms with E-state index in [-0.39, 0.29) is 0 Å². The highest BCUT2D eigenvalue weighted by Gasteiger charge is 2.16. The van der Waals surface area contributed by atoms with Crippen LogP contribution in [0.15, 0.2) is 6.07 Å². The van der Waals surface area contributed by atoms with Gasteiger partial charge in [-0.1, -0.05) is 13.3 Å². The molecule has 2 N–H and O–H groups in total. The third kappa shape index (κ3) is 3.58. The Morgan fingerprint density at radius 1 is 1.29 bits per heavy atom. The molecule has 0 bridgehead atoms. The highest BCUT2D eigenvalue weighted by Crippen LogP contribution is 2.26. The summed E-state index contributed by atoms with van der Waals surface area (Å²) < 4.78 is 0. The second-order valence-corrected chi connectivity index (χ2v) is 4.82. The first-order valence-corrected chi connectivity index (χ1v) is 6.61. The Morgan fingerprint density at radius 3 is 2.76 bits per heavy atom. The van der Waals surface area contributed by atoms with Crippen molar-refractivity contribution in [2.45, 2.75) is 39.5 Å². The largest absolute Gasteiger partial charge is 0.370 e. The van der Waals surface area contributed by atoms with Crippen molar-refractivity contribution in [1.29, 1.82) is 0 Å². The van der Waals surface area contributed by atoms with Crippen LogP contribution in [-0.4, -0.2) is 23.1 Å². The minimum absolute atomic E-state index is 0.739. The van der Waals surface area contributed by atoms with Crippen LogP contribution in [0, 0.1) is 12.8 Å². The van der Waals surface area contributed by atoms with E-state index in [2.05, 4.69) is 27.5 Å². The standard InChI is InChI=1S/C13H22N4/c1-3-7-14-13-16-10(2)8-12(17-13)15-9-11-5-4-6-11/h8,11H,3-7,9H2,1-2H3,(H2,14,15,16,17). The predicted octanol–water partition coefficient (Wildman–Crippen LogP) is 2.82. The van der Waals surface area contributed by atoms with Crippen molar-refractivity contribution in [3.8, 4) is 0 Å². The van der Waals surface area contributed by atoms with Crippen molar-refractivity contribution in [3.05, 3.63) is 11.8 Å². The first-order valence-electron chi connectivity index (χ1n) is 6.61. The smallest absolute Gasteiger partial charge is 0.224 e. The van der Waals surface area contributed by atoms with E-state index in [0.717, 1.165) is 42.9 Å². The Labute approximate surface area is 103 Å². The fourth-order valence-electron chi connectivity index (χ4n) is 1.92. The zero-order valence-corrected chi connectivity index (χ0v) is 10.8. The normalized spacial score (nSPS) is 15.4. The second kappa shape index (κ2) is 5.84. The Hall–Kier alpha value is -1.32. The zero-order valence-electron chi connectivity index (χ0n) is 10.8. The van der Waals surface area contributed by atoms with E-state index in [4.69, 9.17) is 0 Å². The van der Waals surface area contributed by atoms with Gasteiger partial charge < -0.3 is 10.6 Å². The van der Waals surface area contributed by atoms with Crippen LogP contribution in [-0.2, 0) is 0 Å². The van der Waals surface area contributed by atoms with Crippen LogP contribution < -0.4 is 10.6 Å². The molecule has 0 saturated heterocycles. The molecule has 17 heavy (non-hydrogen) atoms. The molecule has 0 aliphatic heterocycles. The Morgan fingerprint density at radius 2 is 2.12 bits per heavy atom. The summed E-state index contributed by atoms with van der Waals surface area (Å²) in [6, 6.07) is 2.01. The van der Waals surface area contributed by atoms with Crippen LogP contribution in [0.1, 0.15) is 38.3 Å². The Balaban J connectivity index is 1.92. The van der Waals surface area contributed by atoms with Crippen LogP contribution in [0.3, 0.4) is 0 Å². The molecule has 1 heterocycles. The minimum atomic E-state index is 0.739. The summed E-state index contributed by atoms with van der Waals surface area (Å²) >= 11 is 0. The summed E-state index contributed by atoms with van der Waals surface area (Å²) in [5.74, 6) is 2.53. The maximum absolute atomic E-state index is 4.47. The molecule has 1 aliphatic rings. The van der Waals surface area contributed by atoms with Crippen molar-refractivity contribution in [2.75, 3.05) is 23.7 Å². The number of anilines is 2. The molecule has 1 aromatic heterocycles. The summed E-state index contributed by atoms with van der Waals surface area (Å²) in [6.45, 7) is 6.11. The third-order valence-electron chi connectivity index (χ3n) is 3.18. The molecule has 94 valence electrons. The second-order valence-electron chi connectivity index (χ2n) is 4.82. The molecule has 1 saturated carbocycles. The average Bonchev–Trinajstić information content (AvgIpc) is 2.23. The molecule has 1 aliphatic carbocycles. The molecule has 4 heteroatoms. The van der Waals surface area contributed by atoms with Gasteiger partial charge in [-0.15, -0.1) is 0 Å². The van der Waals surface area contributed by atoms with E-state index >= 15 is 0 Å². The maximum atomic E-state index is 4.47. The number of aromatic nitrogens is 2. The number of nitrogens with one attached hydrogen (secondary N) is 2.